The highest BCUT2D eigenvalue weighted by Gasteiger charge is 2.51. The minimum atomic E-state index is -0.548. The van der Waals surface area contributed by atoms with E-state index in [1.807, 2.05) is 26.8 Å². The van der Waals surface area contributed by atoms with Gasteiger partial charge in [0.2, 0.25) is 0 Å². The van der Waals surface area contributed by atoms with E-state index >= 15 is 0 Å². The normalized spacial score (nSPS) is 20.4. The maximum Gasteiger partial charge on any atom is 0.494 e. The fourth-order valence-corrected chi connectivity index (χ4v) is 4.51. The van der Waals surface area contributed by atoms with Crippen LogP contribution in [0.2, 0.25) is 0 Å². The van der Waals surface area contributed by atoms with Gasteiger partial charge in [0.25, 0.3) is 0 Å². The molecule has 7 nitrogen and oxygen atoms in total. The molecule has 1 amide bonds. The van der Waals surface area contributed by atoms with Crippen LogP contribution in [0, 0.1) is 5.92 Å². The number of hydrogen-bond donors (Lipinski definition) is 2. The quantitative estimate of drug-likeness (QED) is 0.482. The molecule has 8 heteroatoms. The van der Waals surface area contributed by atoms with E-state index in [0.29, 0.717) is 5.92 Å². The SMILES string of the molecule is CC(C)(C)OC(=O)N[C@@H](CC1CC1)c1nc2c(ccc3cc(B4OC(C)(C)C(C)(C)O4)ccc32)[nH]1. The van der Waals surface area contributed by atoms with Crippen LogP contribution in [0.3, 0.4) is 0 Å². The number of aromatic nitrogens is 2. The Bertz CT molecular complexity index is 1260. The monoisotopic (exact) mass is 477 g/mol. The molecule has 1 saturated heterocycles. The molecule has 35 heavy (non-hydrogen) atoms. The highest BCUT2D eigenvalue weighted by Crippen LogP contribution is 2.39. The molecule has 1 aromatic heterocycles. The first kappa shape index (κ1) is 24.1. The van der Waals surface area contributed by atoms with Crippen LogP contribution >= 0.6 is 0 Å². The van der Waals surface area contributed by atoms with E-state index in [9.17, 15) is 4.79 Å². The Labute approximate surface area is 207 Å². The fourth-order valence-electron chi connectivity index (χ4n) is 4.51. The third-order valence-corrected chi connectivity index (χ3v) is 7.32. The molecule has 1 atom stereocenters. The first-order valence-corrected chi connectivity index (χ1v) is 12.6. The van der Waals surface area contributed by atoms with Crippen LogP contribution < -0.4 is 10.8 Å². The van der Waals surface area contributed by atoms with Crippen molar-refractivity contribution in [3.8, 4) is 0 Å². The predicted molar refractivity (Wildman–Crippen MR) is 139 cm³/mol. The van der Waals surface area contributed by atoms with Crippen molar-refractivity contribution >= 4 is 40.5 Å². The second kappa shape index (κ2) is 8.24. The molecule has 1 aliphatic heterocycles. The molecule has 2 fully saturated rings. The number of hydrogen-bond acceptors (Lipinski definition) is 5. The van der Waals surface area contributed by atoms with Gasteiger partial charge in [-0.3, -0.25) is 0 Å². The zero-order valence-corrected chi connectivity index (χ0v) is 21.8. The van der Waals surface area contributed by atoms with Crippen molar-refractivity contribution in [1.29, 1.82) is 0 Å². The second-order valence-electron chi connectivity index (χ2n) is 12.0. The summed E-state index contributed by atoms with van der Waals surface area (Å²) in [5.41, 5.74) is 1.51. The third-order valence-electron chi connectivity index (χ3n) is 7.32. The van der Waals surface area contributed by atoms with Crippen molar-refractivity contribution in [3.63, 3.8) is 0 Å². The van der Waals surface area contributed by atoms with Gasteiger partial charge >= 0.3 is 13.2 Å². The van der Waals surface area contributed by atoms with Crippen LogP contribution in [-0.2, 0) is 14.0 Å². The lowest BCUT2D eigenvalue weighted by Gasteiger charge is -2.32. The fraction of sp³-hybridized carbons (Fsp3) is 0.556. The molecule has 0 radical (unpaired) electrons. The van der Waals surface area contributed by atoms with Crippen LogP contribution in [0.15, 0.2) is 30.3 Å². The maximum absolute atomic E-state index is 12.5. The van der Waals surface area contributed by atoms with Gasteiger partial charge in [0.05, 0.1) is 28.3 Å². The number of nitrogens with one attached hydrogen (secondary N) is 2. The Balaban J connectivity index is 1.44. The van der Waals surface area contributed by atoms with Gasteiger partial charge < -0.3 is 24.3 Å². The lowest BCUT2D eigenvalue weighted by atomic mass is 9.78. The molecule has 0 unspecified atom stereocenters. The molecule has 186 valence electrons. The highest BCUT2D eigenvalue weighted by molar-refractivity contribution is 6.62. The van der Waals surface area contributed by atoms with E-state index in [1.54, 1.807) is 0 Å². The number of rotatable bonds is 5. The first-order valence-electron chi connectivity index (χ1n) is 12.6. The molecule has 0 spiro atoms. The van der Waals surface area contributed by atoms with Crippen LogP contribution in [0.5, 0.6) is 0 Å². The zero-order valence-electron chi connectivity index (χ0n) is 21.8. The number of nitrogens with zero attached hydrogens (tertiary/aromatic N) is 1. The van der Waals surface area contributed by atoms with Gasteiger partial charge in [-0.1, -0.05) is 37.1 Å². The molecular weight excluding hydrogens is 441 g/mol. The Morgan fingerprint density at radius 3 is 2.49 bits per heavy atom. The number of aromatic amines is 1. The van der Waals surface area contributed by atoms with E-state index in [1.165, 1.54) is 12.8 Å². The predicted octanol–water partition coefficient (Wildman–Crippen LogP) is 5.38. The molecule has 1 saturated carbocycles. The van der Waals surface area contributed by atoms with Crippen molar-refractivity contribution in [3.05, 3.63) is 36.2 Å². The van der Waals surface area contributed by atoms with Crippen LogP contribution in [0.4, 0.5) is 4.79 Å². The number of H-pyrrole nitrogens is 1. The Morgan fingerprint density at radius 2 is 1.86 bits per heavy atom. The van der Waals surface area contributed by atoms with E-state index in [2.05, 4.69) is 62.3 Å². The van der Waals surface area contributed by atoms with Crippen LogP contribution in [0.25, 0.3) is 21.8 Å². The number of amides is 1. The van der Waals surface area contributed by atoms with Crippen molar-refractivity contribution in [2.24, 2.45) is 5.92 Å². The molecule has 1 aliphatic carbocycles. The summed E-state index contributed by atoms with van der Waals surface area (Å²) in [6, 6.07) is 10.2. The summed E-state index contributed by atoms with van der Waals surface area (Å²) >= 11 is 0. The summed E-state index contributed by atoms with van der Waals surface area (Å²) in [5.74, 6) is 1.38. The molecular formula is C27H36BN3O4. The van der Waals surface area contributed by atoms with Gasteiger partial charge in [0, 0.05) is 5.39 Å². The first-order chi connectivity index (χ1) is 16.3. The van der Waals surface area contributed by atoms with Crippen molar-refractivity contribution in [2.45, 2.75) is 90.6 Å². The maximum atomic E-state index is 12.5. The number of ether oxygens (including phenoxy) is 1. The van der Waals surface area contributed by atoms with E-state index in [4.69, 9.17) is 19.0 Å². The van der Waals surface area contributed by atoms with E-state index < -0.39 is 18.8 Å². The van der Waals surface area contributed by atoms with Gasteiger partial charge in [-0.25, -0.2) is 9.78 Å². The Kier molecular flexibility index (Phi) is 5.68. The molecule has 2 aliphatic rings. The summed E-state index contributed by atoms with van der Waals surface area (Å²) < 4.78 is 18.0. The summed E-state index contributed by atoms with van der Waals surface area (Å²) in [4.78, 5) is 20.9. The van der Waals surface area contributed by atoms with Crippen LogP contribution in [0.1, 0.15) is 79.6 Å². The smallest absolute Gasteiger partial charge is 0.444 e. The van der Waals surface area contributed by atoms with Crippen molar-refractivity contribution < 1.29 is 18.8 Å². The minimum Gasteiger partial charge on any atom is -0.444 e. The molecule has 2 N–H and O–H groups in total. The highest BCUT2D eigenvalue weighted by atomic mass is 16.7. The average Bonchev–Trinajstić information content (AvgIpc) is 3.38. The number of benzene rings is 2. The average molecular weight is 477 g/mol. The number of carbonyl (C=O) groups is 1. The van der Waals surface area contributed by atoms with Crippen LogP contribution in [-0.4, -0.2) is 40.0 Å². The van der Waals surface area contributed by atoms with E-state index in [0.717, 1.165) is 39.5 Å². The second-order valence-corrected chi connectivity index (χ2v) is 12.0. The van der Waals surface area contributed by atoms with Gasteiger partial charge in [-0.05, 0) is 77.7 Å². The summed E-state index contributed by atoms with van der Waals surface area (Å²) in [7, 11) is -0.407. The minimum absolute atomic E-state index is 0.219. The molecule has 2 heterocycles. The standard InChI is InChI=1S/C27H36BN3O4/c1-25(2,3)33-24(32)30-21(14-16-8-9-16)23-29-20-13-10-17-15-18(11-12-19(17)22(20)31-23)28-34-26(4,5)27(6,7)35-28/h10-13,15-16,21H,8-9,14H2,1-7H3,(H,29,31)(H,30,32)/t21-/m0/s1. The summed E-state index contributed by atoms with van der Waals surface area (Å²) in [6.45, 7) is 13.9. The van der Waals surface area contributed by atoms with Crippen molar-refractivity contribution in [1.82, 2.24) is 15.3 Å². The largest absolute Gasteiger partial charge is 0.494 e. The lowest BCUT2D eigenvalue weighted by molar-refractivity contribution is 0.00578. The Morgan fingerprint density at radius 1 is 1.17 bits per heavy atom. The molecule has 2 aromatic carbocycles. The number of imidazole rings is 1. The number of fused-ring (bicyclic) bond motifs is 3. The molecule has 0 bridgehead atoms. The van der Waals surface area contributed by atoms with E-state index in [-0.39, 0.29) is 17.2 Å². The summed E-state index contributed by atoms with van der Waals surface area (Å²) in [6.07, 6.45) is 2.82. The lowest BCUT2D eigenvalue weighted by Crippen LogP contribution is -2.41. The topological polar surface area (TPSA) is 85.5 Å². The number of carbonyl (C=O) groups excluding carboxylic acids is 1. The molecule has 5 rings (SSSR count). The van der Waals surface area contributed by atoms with Gasteiger partial charge in [-0.2, -0.15) is 0 Å². The van der Waals surface area contributed by atoms with Gasteiger partial charge in [-0.15, -0.1) is 0 Å². The number of alkyl carbamates (subject to hydrolysis) is 1. The van der Waals surface area contributed by atoms with Gasteiger partial charge in [0.1, 0.15) is 11.4 Å². The van der Waals surface area contributed by atoms with Gasteiger partial charge in [0.15, 0.2) is 0 Å². The zero-order chi connectivity index (χ0) is 25.2. The van der Waals surface area contributed by atoms with Crippen molar-refractivity contribution in [2.75, 3.05) is 0 Å². The third kappa shape index (κ3) is 4.91. The molecule has 3 aromatic rings. The Hall–Kier alpha value is -2.58. The summed E-state index contributed by atoms with van der Waals surface area (Å²) in [5, 5.41) is 5.16.